The van der Waals surface area contributed by atoms with Gasteiger partial charge >= 0.3 is 0 Å². The third-order valence-electron chi connectivity index (χ3n) is 5.31. The summed E-state index contributed by atoms with van der Waals surface area (Å²) < 4.78 is 0. The molecule has 0 radical (unpaired) electrons. The number of hydrogen-bond acceptors (Lipinski definition) is 2. The molecule has 0 aliphatic carbocycles. The third kappa shape index (κ3) is 3.84. The summed E-state index contributed by atoms with van der Waals surface area (Å²) in [6.07, 6.45) is 1.50. The number of rotatable bonds is 5. The Labute approximate surface area is 165 Å². The van der Waals surface area contributed by atoms with Gasteiger partial charge < -0.3 is 10.0 Å². The van der Waals surface area contributed by atoms with Crippen LogP contribution in [0.4, 0.5) is 0 Å². The van der Waals surface area contributed by atoms with Gasteiger partial charge in [0, 0.05) is 18.2 Å². The van der Waals surface area contributed by atoms with Crippen LogP contribution in [-0.2, 0) is 17.8 Å². The number of phenols is 1. The van der Waals surface area contributed by atoms with Crippen molar-refractivity contribution in [1.29, 1.82) is 0 Å². The normalized spacial score (nSPS) is 16.6. The molecule has 3 aromatic rings. The number of nitrogens with zero attached hydrogens (tertiary/aromatic N) is 1. The zero-order valence-corrected chi connectivity index (χ0v) is 15.7. The summed E-state index contributed by atoms with van der Waals surface area (Å²) in [5, 5.41) is 9.47. The zero-order chi connectivity index (χ0) is 19.5. The Bertz CT molecular complexity index is 975. The summed E-state index contributed by atoms with van der Waals surface area (Å²) in [6.45, 7) is 4.49. The molecule has 3 heteroatoms. The van der Waals surface area contributed by atoms with Crippen LogP contribution in [0.25, 0.3) is 11.1 Å². The first-order valence-electron chi connectivity index (χ1n) is 9.51. The Kier molecular flexibility index (Phi) is 4.98. The molecule has 1 atom stereocenters. The summed E-state index contributed by atoms with van der Waals surface area (Å²) in [5.74, 6) is 0.259. The van der Waals surface area contributed by atoms with Crippen molar-refractivity contribution in [3.8, 4) is 16.9 Å². The molecule has 1 N–H and O–H groups in total. The number of aromatic hydroxyl groups is 1. The number of hydrogen-bond donors (Lipinski definition) is 1. The number of carbonyl (C=O) groups excluding carboxylic acids is 1. The fraction of sp³-hybridized carbons (Fsp3) is 0.160. The van der Waals surface area contributed by atoms with Crippen molar-refractivity contribution in [2.45, 2.75) is 25.4 Å². The largest absolute Gasteiger partial charge is 0.508 e. The first kappa shape index (κ1) is 18.1. The number of phenolic OH excluding ortho intramolecular Hbond substituents is 1. The van der Waals surface area contributed by atoms with E-state index in [0.717, 1.165) is 12.0 Å². The Hall–Kier alpha value is -3.33. The van der Waals surface area contributed by atoms with Crippen LogP contribution in [0, 0.1) is 0 Å². The number of benzene rings is 3. The van der Waals surface area contributed by atoms with Crippen LogP contribution in [0.2, 0.25) is 0 Å². The van der Waals surface area contributed by atoms with Crippen LogP contribution >= 0.6 is 0 Å². The lowest BCUT2D eigenvalue weighted by molar-refractivity contribution is -0.126. The first-order valence-corrected chi connectivity index (χ1v) is 9.51. The van der Waals surface area contributed by atoms with Gasteiger partial charge in [0.25, 0.3) is 0 Å². The van der Waals surface area contributed by atoms with E-state index in [-0.39, 0.29) is 17.7 Å². The van der Waals surface area contributed by atoms with Gasteiger partial charge in [-0.2, -0.15) is 0 Å². The van der Waals surface area contributed by atoms with Crippen molar-refractivity contribution in [3.63, 3.8) is 0 Å². The van der Waals surface area contributed by atoms with Crippen LogP contribution in [0.15, 0.2) is 91.0 Å². The fourth-order valence-electron chi connectivity index (χ4n) is 3.77. The number of carbonyl (C=O) groups is 1. The van der Waals surface area contributed by atoms with Crippen LogP contribution in [-0.4, -0.2) is 22.0 Å². The summed E-state index contributed by atoms with van der Waals surface area (Å²) in [4.78, 5) is 14.5. The van der Waals surface area contributed by atoms with Crippen LogP contribution in [0.5, 0.6) is 5.75 Å². The second-order valence-corrected chi connectivity index (χ2v) is 7.33. The van der Waals surface area contributed by atoms with E-state index in [2.05, 4.69) is 43.0 Å². The smallest absolute Gasteiger partial charge is 0.249 e. The molecular formula is C25H23NO2. The average Bonchev–Trinajstić information content (AvgIpc) is 2.98. The maximum absolute atomic E-state index is 12.6. The molecule has 0 saturated carbocycles. The predicted molar refractivity (Wildman–Crippen MR) is 112 cm³/mol. The van der Waals surface area contributed by atoms with Gasteiger partial charge in [0.05, 0.1) is 0 Å². The van der Waals surface area contributed by atoms with Gasteiger partial charge in [-0.15, -0.1) is 0 Å². The molecule has 0 spiro atoms. The second-order valence-electron chi connectivity index (χ2n) is 7.33. The van der Waals surface area contributed by atoms with Crippen LogP contribution < -0.4 is 0 Å². The van der Waals surface area contributed by atoms with Gasteiger partial charge in [0.2, 0.25) is 5.91 Å². The molecule has 28 heavy (non-hydrogen) atoms. The maximum atomic E-state index is 12.6. The molecule has 0 aromatic heterocycles. The van der Waals surface area contributed by atoms with Gasteiger partial charge in [-0.25, -0.2) is 0 Å². The van der Waals surface area contributed by atoms with E-state index in [4.69, 9.17) is 0 Å². The van der Waals surface area contributed by atoms with E-state index >= 15 is 0 Å². The predicted octanol–water partition coefficient (Wildman–Crippen LogP) is 4.96. The van der Waals surface area contributed by atoms with E-state index < -0.39 is 0 Å². The van der Waals surface area contributed by atoms with Gasteiger partial charge in [-0.3, -0.25) is 4.79 Å². The van der Waals surface area contributed by atoms with Gasteiger partial charge in [0.1, 0.15) is 5.75 Å². The quantitative estimate of drug-likeness (QED) is 0.646. The van der Waals surface area contributed by atoms with E-state index in [1.54, 1.807) is 12.1 Å². The first-order chi connectivity index (χ1) is 13.6. The van der Waals surface area contributed by atoms with Gasteiger partial charge in [-0.1, -0.05) is 73.3 Å². The van der Waals surface area contributed by atoms with Crippen molar-refractivity contribution in [3.05, 3.63) is 102 Å². The lowest BCUT2D eigenvalue weighted by Gasteiger charge is -2.25. The molecule has 1 fully saturated rings. The topological polar surface area (TPSA) is 40.5 Å². The van der Waals surface area contributed by atoms with Crippen molar-refractivity contribution in [2.75, 3.05) is 0 Å². The van der Waals surface area contributed by atoms with E-state index in [0.29, 0.717) is 18.5 Å². The van der Waals surface area contributed by atoms with Crippen molar-refractivity contribution in [2.24, 2.45) is 0 Å². The summed E-state index contributed by atoms with van der Waals surface area (Å²) in [7, 11) is 0. The van der Waals surface area contributed by atoms with Gasteiger partial charge in [-0.05, 0) is 47.2 Å². The molecular weight excluding hydrogens is 346 g/mol. The molecule has 4 rings (SSSR count). The Balaban J connectivity index is 1.49. The molecule has 1 heterocycles. The zero-order valence-electron chi connectivity index (χ0n) is 15.7. The van der Waals surface area contributed by atoms with Crippen LogP contribution in [0.3, 0.4) is 0 Å². The lowest BCUT2D eigenvalue weighted by atomic mass is 9.99. The van der Waals surface area contributed by atoms with E-state index in [1.807, 2.05) is 35.2 Å². The highest BCUT2D eigenvalue weighted by Crippen LogP contribution is 2.29. The average molecular weight is 369 g/mol. The SMILES string of the molecule is C=C1CC(Cc2ccc(-c3ccccc3)cc2)N(Cc2ccc(O)cc2)C1=O. The minimum Gasteiger partial charge on any atom is -0.508 e. The Morgan fingerprint density at radius 2 is 1.46 bits per heavy atom. The van der Waals surface area contributed by atoms with Crippen molar-refractivity contribution in [1.82, 2.24) is 4.90 Å². The maximum Gasteiger partial charge on any atom is 0.249 e. The highest BCUT2D eigenvalue weighted by Gasteiger charge is 2.33. The second kappa shape index (κ2) is 7.73. The number of amides is 1. The van der Waals surface area contributed by atoms with Crippen molar-refractivity contribution >= 4 is 5.91 Å². The molecule has 1 saturated heterocycles. The molecule has 1 amide bonds. The Morgan fingerprint density at radius 1 is 0.857 bits per heavy atom. The highest BCUT2D eigenvalue weighted by atomic mass is 16.3. The van der Waals surface area contributed by atoms with E-state index in [9.17, 15) is 9.90 Å². The minimum absolute atomic E-state index is 0.0268. The fourth-order valence-corrected chi connectivity index (χ4v) is 3.77. The monoisotopic (exact) mass is 369 g/mol. The molecule has 1 aliphatic heterocycles. The molecule has 140 valence electrons. The number of likely N-dealkylation sites (tertiary alicyclic amines) is 1. The van der Waals surface area contributed by atoms with E-state index in [1.165, 1.54) is 16.7 Å². The lowest BCUT2D eigenvalue weighted by Crippen LogP contribution is -2.34. The highest BCUT2D eigenvalue weighted by molar-refractivity contribution is 5.95. The molecule has 1 unspecified atom stereocenters. The molecule has 3 nitrogen and oxygen atoms in total. The molecule has 1 aliphatic rings. The van der Waals surface area contributed by atoms with Crippen LogP contribution in [0.1, 0.15) is 17.5 Å². The molecule has 0 bridgehead atoms. The molecule has 3 aromatic carbocycles. The van der Waals surface area contributed by atoms with Crippen molar-refractivity contribution < 1.29 is 9.90 Å². The minimum atomic E-state index is 0.0268. The summed E-state index contributed by atoms with van der Waals surface area (Å²) in [6, 6.07) is 26.0. The van der Waals surface area contributed by atoms with Gasteiger partial charge in [0.15, 0.2) is 0 Å². The standard InChI is InChI=1S/C25H23NO2/c1-18-15-23(26(25(18)28)17-20-9-13-24(27)14-10-20)16-19-7-11-22(12-8-19)21-5-3-2-4-6-21/h2-14,23,27H,1,15-17H2. The Morgan fingerprint density at radius 3 is 2.14 bits per heavy atom. The summed E-state index contributed by atoms with van der Waals surface area (Å²) in [5.41, 5.74) is 5.28. The summed E-state index contributed by atoms with van der Waals surface area (Å²) >= 11 is 0. The third-order valence-corrected chi connectivity index (χ3v) is 5.31.